The zero-order chi connectivity index (χ0) is 17.3. The quantitative estimate of drug-likeness (QED) is 0.491. The molecule has 25 heavy (non-hydrogen) atoms. The third kappa shape index (κ3) is 4.11. The first-order chi connectivity index (χ1) is 11.5. The first-order valence-electron chi connectivity index (χ1n) is 7.66. The molecule has 0 amide bonds. The molecule has 4 nitrogen and oxygen atoms in total. The van der Waals surface area contributed by atoms with Crippen molar-refractivity contribution in [2.75, 3.05) is 5.73 Å². The summed E-state index contributed by atoms with van der Waals surface area (Å²) in [5.74, 6) is 0.525. The van der Waals surface area contributed by atoms with E-state index in [4.69, 9.17) is 17.3 Å². The second kappa shape index (κ2) is 7.85. The third-order valence-electron chi connectivity index (χ3n) is 4.10. The summed E-state index contributed by atoms with van der Waals surface area (Å²) in [6, 6.07) is 15.1. The molecule has 3 aromatic rings. The summed E-state index contributed by atoms with van der Waals surface area (Å²) in [6.45, 7) is 2.24. The number of imidazole rings is 1. The van der Waals surface area contributed by atoms with Gasteiger partial charge in [-0.3, -0.25) is 10.5 Å². The zero-order valence-corrected chi connectivity index (χ0v) is 16.4. The van der Waals surface area contributed by atoms with E-state index in [1.165, 1.54) is 5.56 Å². The van der Waals surface area contributed by atoms with Crippen LogP contribution < -0.4 is 27.3 Å². The number of nitrogens with two attached hydrogens (primary N) is 1. The molecule has 0 unspecified atom stereocenters. The van der Waals surface area contributed by atoms with Gasteiger partial charge in [0.15, 0.2) is 5.78 Å². The third-order valence-corrected chi connectivity index (χ3v) is 4.36. The number of carbonyl (C=O) groups excluding carboxylic acids is 1. The maximum Gasteiger partial charge on any atom is 0.355 e. The number of carbonyl (C=O) groups is 1. The number of aryl methyl sites for hydroxylation is 1. The molecule has 1 aromatic heterocycles. The Bertz CT molecular complexity index is 886. The van der Waals surface area contributed by atoms with Crippen molar-refractivity contribution >= 4 is 23.3 Å². The van der Waals surface area contributed by atoms with E-state index in [0.717, 1.165) is 11.3 Å². The molecule has 1 heterocycles. The minimum atomic E-state index is -0.00979. The lowest BCUT2D eigenvalue weighted by Crippen LogP contribution is -3.00. The smallest absolute Gasteiger partial charge is 0.355 e. The van der Waals surface area contributed by atoms with Crippen LogP contribution in [0.4, 0.5) is 5.95 Å². The summed E-state index contributed by atoms with van der Waals surface area (Å²) < 4.78 is 3.66. The second-order valence-electron chi connectivity index (χ2n) is 5.86. The number of aromatic nitrogens is 2. The van der Waals surface area contributed by atoms with Crippen molar-refractivity contribution in [1.82, 2.24) is 4.57 Å². The number of hydrogen-bond donors (Lipinski definition) is 1. The monoisotopic (exact) mass is 419 g/mol. The molecule has 0 saturated heterocycles. The molecule has 6 heteroatoms. The Balaban J connectivity index is 0.00000225. The number of anilines is 1. The molecule has 2 N–H and O–H groups in total. The van der Waals surface area contributed by atoms with Crippen LogP contribution in [0.2, 0.25) is 5.02 Å². The van der Waals surface area contributed by atoms with Gasteiger partial charge >= 0.3 is 5.95 Å². The van der Waals surface area contributed by atoms with Crippen LogP contribution in [0.3, 0.4) is 0 Å². The van der Waals surface area contributed by atoms with Gasteiger partial charge in [-0.1, -0.05) is 41.4 Å². The molecule has 3 rings (SSSR count). The fourth-order valence-corrected chi connectivity index (χ4v) is 2.74. The van der Waals surface area contributed by atoms with E-state index in [-0.39, 0.29) is 29.3 Å². The zero-order valence-electron chi connectivity index (χ0n) is 14.0. The Labute approximate surface area is 162 Å². The summed E-state index contributed by atoms with van der Waals surface area (Å²) in [4.78, 5) is 12.5. The van der Waals surface area contributed by atoms with Crippen LogP contribution in [-0.2, 0) is 13.6 Å². The lowest BCUT2D eigenvalue weighted by molar-refractivity contribution is -0.667. The number of halogens is 2. The Kier molecular flexibility index (Phi) is 6.03. The minimum Gasteiger partial charge on any atom is -1.00 e. The van der Waals surface area contributed by atoms with Gasteiger partial charge in [-0.2, -0.15) is 0 Å². The lowest BCUT2D eigenvalue weighted by Gasteiger charge is -2.00. The highest BCUT2D eigenvalue weighted by molar-refractivity contribution is 6.30. The van der Waals surface area contributed by atoms with Gasteiger partial charge in [0.25, 0.3) is 0 Å². The highest BCUT2D eigenvalue weighted by Crippen LogP contribution is 2.20. The van der Waals surface area contributed by atoms with Crippen molar-refractivity contribution in [3.63, 3.8) is 0 Å². The maximum atomic E-state index is 12.5. The summed E-state index contributed by atoms with van der Waals surface area (Å²) in [7, 11) is 1.90. The molecule has 0 aliphatic carbocycles. The van der Waals surface area contributed by atoms with Crippen LogP contribution in [0.15, 0.2) is 54.7 Å². The van der Waals surface area contributed by atoms with Gasteiger partial charge in [0.05, 0.1) is 7.05 Å². The van der Waals surface area contributed by atoms with Gasteiger partial charge in [0.1, 0.15) is 18.4 Å². The number of nitrogens with zero attached hydrogens (tertiary/aromatic N) is 2. The van der Waals surface area contributed by atoms with Gasteiger partial charge in [0.2, 0.25) is 0 Å². The molecule has 0 aliphatic heterocycles. The van der Waals surface area contributed by atoms with E-state index in [9.17, 15) is 4.79 Å². The second-order valence-corrected chi connectivity index (χ2v) is 6.29. The minimum absolute atomic E-state index is 0. The molecule has 130 valence electrons. The highest BCUT2D eigenvalue weighted by atomic mass is 79.9. The van der Waals surface area contributed by atoms with E-state index in [0.29, 0.717) is 16.5 Å². The maximum absolute atomic E-state index is 12.5. The Morgan fingerprint density at radius 3 is 2.32 bits per heavy atom. The fraction of sp³-hybridized carbons (Fsp3) is 0.158. The van der Waals surface area contributed by atoms with Crippen LogP contribution >= 0.6 is 11.6 Å². The number of Topliss-reactive ketones (excluding diaryl/α,β-unsaturated/α-hetero) is 1. The number of rotatable bonds is 4. The predicted molar refractivity (Wildman–Crippen MR) is 96.0 cm³/mol. The highest BCUT2D eigenvalue weighted by Gasteiger charge is 2.20. The summed E-state index contributed by atoms with van der Waals surface area (Å²) in [5.41, 5.74) is 10.0. The molecule has 0 fully saturated rings. The van der Waals surface area contributed by atoms with E-state index >= 15 is 0 Å². The Morgan fingerprint density at radius 1 is 1.12 bits per heavy atom. The number of nitrogen functional groups attached to an aromatic ring is 1. The average molecular weight is 421 g/mol. The summed E-state index contributed by atoms with van der Waals surface area (Å²) in [6.07, 6.45) is 1.91. The molecular formula is C19H19BrClN3O. The van der Waals surface area contributed by atoms with Crippen LogP contribution in [0.1, 0.15) is 15.9 Å². The van der Waals surface area contributed by atoms with Crippen molar-refractivity contribution in [3.8, 4) is 11.3 Å². The molecular weight excluding hydrogens is 402 g/mol. The standard InChI is InChI=1S/C19H18ClN3O.BrH/c1-13-3-5-14(6-4-13)17-11-23(19(21)22(17)2)12-18(24)15-7-9-16(20)10-8-15;/h3-11,21H,12H2,1-2H3;1H. The van der Waals surface area contributed by atoms with Crippen LogP contribution in [0, 0.1) is 6.92 Å². The van der Waals surface area contributed by atoms with E-state index in [1.54, 1.807) is 28.8 Å². The largest absolute Gasteiger partial charge is 1.00 e. The van der Waals surface area contributed by atoms with Gasteiger partial charge in [-0.15, -0.1) is 0 Å². The SMILES string of the molecule is Cc1ccc(-c2c[n+](CC(=O)c3ccc(Cl)cc3)c(N)n2C)cc1.[Br-]. The first kappa shape index (κ1) is 19.2. The van der Waals surface area contributed by atoms with Gasteiger partial charge < -0.3 is 17.0 Å². The van der Waals surface area contributed by atoms with E-state index in [2.05, 4.69) is 24.3 Å². The normalized spacial score (nSPS) is 10.4. The van der Waals surface area contributed by atoms with Crippen molar-refractivity contribution in [3.05, 3.63) is 70.9 Å². The van der Waals surface area contributed by atoms with Gasteiger partial charge in [0, 0.05) is 16.1 Å². The first-order valence-corrected chi connectivity index (χ1v) is 8.04. The van der Waals surface area contributed by atoms with Gasteiger partial charge in [-0.25, -0.2) is 9.13 Å². The molecule has 2 aromatic carbocycles. The lowest BCUT2D eigenvalue weighted by atomic mass is 10.1. The molecule has 0 saturated carbocycles. The Hall–Kier alpha value is -2.11. The van der Waals surface area contributed by atoms with Crippen molar-refractivity contribution in [2.45, 2.75) is 13.5 Å². The van der Waals surface area contributed by atoms with E-state index in [1.807, 2.05) is 24.7 Å². The molecule has 0 spiro atoms. The summed E-state index contributed by atoms with van der Waals surface area (Å²) >= 11 is 5.86. The molecule has 0 atom stereocenters. The van der Waals surface area contributed by atoms with Gasteiger partial charge in [-0.05, 0) is 31.2 Å². The average Bonchev–Trinajstić information content (AvgIpc) is 2.85. The van der Waals surface area contributed by atoms with Crippen LogP contribution in [0.5, 0.6) is 0 Å². The fourth-order valence-electron chi connectivity index (χ4n) is 2.62. The van der Waals surface area contributed by atoms with Crippen molar-refractivity contribution in [2.24, 2.45) is 7.05 Å². The van der Waals surface area contributed by atoms with Crippen LogP contribution in [-0.4, -0.2) is 10.4 Å². The number of hydrogen-bond acceptors (Lipinski definition) is 2. The molecule has 0 aliphatic rings. The predicted octanol–water partition coefficient (Wildman–Crippen LogP) is 0.411. The van der Waals surface area contributed by atoms with E-state index < -0.39 is 0 Å². The Morgan fingerprint density at radius 2 is 1.72 bits per heavy atom. The molecule has 0 bridgehead atoms. The topological polar surface area (TPSA) is 51.9 Å². The molecule has 0 radical (unpaired) electrons. The van der Waals surface area contributed by atoms with Crippen molar-refractivity contribution in [1.29, 1.82) is 0 Å². The number of ketones is 1. The van der Waals surface area contributed by atoms with Crippen LogP contribution in [0.25, 0.3) is 11.3 Å². The van der Waals surface area contributed by atoms with Crippen molar-refractivity contribution < 1.29 is 26.3 Å². The summed E-state index contributed by atoms with van der Waals surface area (Å²) in [5, 5.41) is 0.611. The number of benzene rings is 2.